The number of aromatic nitrogens is 1. The summed E-state index contributed by atoms with van der Waals surface area (Å²) in [6, 6.07) is 9.83. The average molecular weight is 407 g/mol. The van der Waals surface area contributed by atoms with Crippen LogP contribution in [-0.2, 0) is 27.2 Å². The van der Waals surface area contributed by atoms with E-state index in [9.17, 15) is 19.2 Å². The van der Waals surface area contributed by atoms with Gasteiger partial charge in [0.05, 0.1) is 11.3 Å². The Morgan fingerprint density at radius 1 is 1.07 bits per heavy atom. The van der Waals surface area contributed by atoms with Crippen LogP contribution in [0.3, 0.4) is 0 Å². The van der Waals surface area contributed by atoms with Gasteiger partial charge in [0.15, 0.2) is 23.1 Å². The number of benzene rings is 1. The van der Waals surface area contributed by atoms with Gasteiger partial charge in [-0.1, -0.05) is 49.3 Å². The zero-order valence-corrected chi connectivity index (χ0v) is 17.3. The highest BCUT2D eigenvalue weighted by atomic mass is 16.5. The van der Waals surface area contributed by atoms with Gasteiger partial charge >= 0.3 is 0 Å². The van der Waals surface area contributed by atoms with Crippen LogP contribution in [0.4, 0.5) is 0 Å². The van der Waals surface area contributed by atoms with Crippen LogP contribution in [0, 0.1) is 11.3 Å². The van der Waals surface area contributed by atoms with E-state index in [0.29, 0.717) is 29.9 Å². The van der Waals surface area contributed by atoms with Gasteiger partial charge in [0.25, 0.3) is 0 Å². The monoisotopic (exact) mass is 407 g/mol. The Labute approximate surface area is 175 Å². The number of hydrogen-bond donors (Lipinski definition) is 0. The number of hydrogen-bond acceptors (Lipinski definition) is 6. The van der Waals surface area contributed by atoms with E-state index in [-0.39, 0.29) is 54.7 Å². The molecule has 4 rings (SSSR count). The molecule has 2 aliphatic carbocycles. The molecule has 156 valence electrons. The molecule has 0 N–H and O–H groups in total. The first-order valence-corrected chi connectivity index (χ1v) is 10.4. The zero-order valence-electron chi connectivity index (χ0n) is 17.3. The lowest BCUT2D eigenvalue weighted by Gasteiger charge is -2.31. The maximum Gasteiger partial charge on any atom is 0.168 e. The molecule has 30 heavy (non-hydrogen) atoms. The van der Waals surface area contributed by atoms with Crippen molar-refractivity contribution in [3.05, 3.63) is 52.9 Å². The summed E-state index contributed by atoms with van der Waals surface area (Å²) in [6.07, 6.45) is 1.60. The molecule has 0 bridgehead atoms. The van der Waals surface area contributed by atoms with E-state index in [0.717, 1.165) is 5.56 Å². The molecule has 6 heteroatoms. The van der Waals surface area contributed by atoms with Crippen LogP contribution in [0.15, 0.2) is 34.9 Å². The predicted molar refractivity (Wildman–Crippen MR) is 108 cm³/mol. The Balaban J connectivity index is 1.45. The molecule has 1 saturated carbocycles. The van der Waals surface area contributed by atoms with Crippen LogP contribution in [0.5, 0.6) is 0 Å². The van der Waals surface area contributed by atoms with Crippen molar-refractivity contribution in [3.63, 3.8) is 0 Å². The Morgan fingerprint density at radius 2 is 1.73 bits per heavy atom. The number of carbonyl (C=O) groups is 4. The third kappa shape index (κ3) is 3.91. The molecule has 0 saturated heterocycles. The molecule has 1 heterocycles. The van der Waals surface area contributed by atoms with Crippen LogP contribution in [0.2, 0.25) is 0 Å². The molecule has 1 atom stereocenters. The Bertz CT molecular complexity index is 997. The van der Waals surface area contributed by atoms with Gasteiger partial charge in [0.2, 0.25) is 0 Å². The highest BCUT2D eigenvalue weighted by molar-refractivity contribution is 6.20. The fourth-order valence-electron chi connectivity index (χ4n) is 4.71. The molecule has 0 aliphatic heterocycles. The van der Waals surface area contributed by atoms with Crippen molar-refractivity contribution >= 4 is 23.1 Å². The molecule has 0 radical (unpaired) electrons. The predicted octanol–water partition coefficient (Wildman–Crippen LogP) is 3.66. The minimum Gasteiger partial charge on any atom is -0.360 e. The third-order valence-electron chi connectivity index (χ3n) is 6.13. The van der Waals surface area contributed by atoms with Crippen molar-refractivity contribution in [2.45, 2.75) is 58.3 Å². The van der Waals surface area contributed by atoms with Gasteiger partial charge in [0, 0.05) is 38.5 Å². The Hall–Kier alpha value is -2.89. The fourth-order valence-corrected chi connectivity index (χ4v) is 4.71. The average Bonchev–Trinajstić information content (AvgIpc) is 3.09. The number of Topliss-reactive ketones (excluding diaryl/α,β-unsaturated/α-hetero) is 4. The Morgan fingerprint density at radius 3 is 2.40 bits per heavy atom. The van der Waals surface area contributed by atoms with Gasteiger partial charge < -0.3 is 4.52 Å². The van der Waals surface area contributed by atoms with Crippen molar-refractivity contribution in [1.82, 2.24) is 5.16 Å². The summed E-state index contributed by atoms with van der Waals surface area (Å²) in [4.78, 5) is 50.1. The molecule has 0 spiro atoms. The maximum absolute atomic E-state index is 12.8. The number of nitrogens with zero attached hydrogens (tertiary/aromatic N) is 1. The minimum atomic E-state index is -1.17. The molecule has 0 amide bonds. The number of aryl methyl sites for hydroxylation is 1. The van der Waals surface area contributed by atoms with E-state index in [1.807, 2.05) is 44.2 Å². The number of ketones is 4. The summed E-state index contributed by atoms with van der Waals surface area (Å²) in [5, 5.41) is 4.04. The van der Waals surface area contributed by atoms with Gasteiger partial charge in [-0.15, -0.1) is 0 Å². The van der Waals surface area contributed by atoms with E-state index in [1.54, 1.807) is 0 Å². The second-order valence-electron chi connectivity index (χ2n) is 9.22. The first kappa shape index (κ1) is 20.4. The van der Waals surface area contributed by atoms with Crippen LogP contribution in [0.25, 0.3) is 0 Å². The topological polar surface area (TPSA) is 94.3 Å². The Kier molecular flexibility index (Phi) is 5.26. The van der Waals surface area contributed by atoms with E-state index in [1.165, 1.54) is 0 Å². The van der Waals surface area contributed by atoms with Crippen LogP contribution in [0.1, 0.15) is 72.8 Å². The van der Waals surface area contributed by atoms with E-state index >= 15 is 0 Å². The van der Waals surface area contributed by atoms with Crippen LogP contribution in [-0.4, -0.2) is 28.3 Å². The molecule has 1 aromatic carbocycles. The second kappa shape index (κ2) is 7.74. The third-order valence-corrected chi connectivity index (χ3v) is 6.13. The first-order chi connectivity index (χ1) is 14.2. The fraction of sp³-hybridized carbons (Fsp3) is 0.458. The highest BCUT2D eigenvalue weighted by Crippen LogP contribution is 2.36. The van der Waals surface area contributed by atoms with Gasteiger partial charge in [-0.25, -0.2) is 0 Å². The lowest BCUT2D eigenvalue weighted by atomic mass is 9.70. The molecule has 6 nitrogen and oxygen atoms in total. The normalized spacial score (nSPS) is 21.5. The number of carbonyl (C=O) groups excluding carboxylic acids is 4. The lowest BCUT2D eigenvalue weighted by Crippen LogP contribution is -2.41. The van der Waals surface area contributed by atoms with Gasteiger partial charge in [-0.3, -0.25) is 19.2 Å². The molecule has 2 aliphatic rings. The van der Waals surface area contributed by atoms with Crippen molar-refractivity contribution in [1.29, 1.82) is 0 Å². The summed E-state index contributed by atoms with van der Waals surface area (Å²) < 4.78 is 5.44. The van der Waals surface area contributed by atoms with E-state index in [2.05, 4.69) is 5.16 Å². The van der Waals surface area contributed by atoms with E-state index < -0.39 is 11.3 Å². The summed E-state index contributed by atoms with van der Waals surface area (Å²) in [5.41, 5.74) is 1.61. The van der Waals surface area contributed by atoms with Gasteiger partial charge in [0.1, 0.15) is 11.7 Å². The highest BCUT2D eigenvalue weighted by Gasteiger charge is 2.43. The lowest BCUT2D eigenvalue weighted by molar-refractivity contribution is -0.145. The quantitative estimate of drug-likeness (QED) is 0.702. The number of rotatable bonds is 5. The van der Waals surface area contributed by atoms with Crippen molar-refractivity contribution in [3.8, 4) is 0 Å². The molecule has 2 aromatic rings. The molecular formula is C24H25NO5. The van der Waals surface area contributed by atoms with E-state index in [4.69, 9.17) is 4.52 Å². The van der Waals surface area contributed by atoms with Crippen molar-refractivity contribution < 1.29 is 23.7 Å². The molecular weight excluding hydrogens is 382 g/mol. The van der Waals surface area contributed by atoms with Crippen molar-refractivity contribution in [2.24, 2.45) is 11.3 Å². The summed E-state index contributed by atoms with van der Waals surface area (Å²) in [6.45, 7) is 3.72. The summed E-state index contributed by atoms with van der Waals surface area (Å²) in [7, 11) is 0. The second-order valence-corrected chi connectivity index (χ2v) is 9.22. The van der Waals surface area contributed by atoms with Gasteiger partial charge in [-0.05, 0) is 16.9 Å². The van der Waals surface area contributed by atoms with Crippen molar-refractivity contribution in [2.75, 3.05) is 0 Å². The number of fused-ring (bicyclic) bond motifs is 1. The standard InChI is InChI=1S/C24H25NO5/c1-24(2)12-19(28)23(20(29)13-24)17(26)9-8-16-22-18(27)10-15(11-21(22)30-25-16)14-6-4-3-5-7-14/h3-7,15,23H,8-13H2,1-2H3. The first-order valence-electron chi connectivity index (χ1n) is 10.4. The smallest absolute Gasteiger partial charge is 0.168 e. The largest absolute Gasteiger partial charge is 0.360 e. The molecule has 1 aromatic heterocycles. The van der Waals surface area contributed by atoms with Crippen LogP contribution >= 0.6 is 0 Å². The summed E-state index contributed by atoms with van der Waals surface area (Å²) in [5.74, 6) is -1.60. The molecule has 1 unspecified atom stereocenters. The van der Waals surface area contributed by atoms with Crippen LogP contribution < -0.4 is 0 Å². The SMILES string of the molecule is CC1(C)CC(=O)C(C(=O)CCc2noc3c2C(=O)CC(c2ccccc2)C3)C(=O)C1. The zero-order chi connectivity index (χ0) is 21.5. The van der Waals surface area contributed by atoms with Gasteiger partial charge in [-0.2, -0.15) is 0 Å². The minimum absolute atomic E-state index is 0.00303. The summed E-state index contributed by atoms with van der Waals surface area (Å²) >= 11 is 0. The molecule has 1 fully saturated rings. The maximum atomic E-state index is 12.8.